The van der Waals surface area contributed by atoms with Crippen molar-refractivity contribution in [2.45, 2.75) is 52.7 Å². The van der Waals surface area contributed by atoms with Crippen LogP contribution in [0.1, 0.15) is 36.4 Å². The minimum Gasteiger partial charge on any atom is -0.392 e. The van der Waals surface area contributed by atoms with Crippen molar-refractivity contribution in [3.8, 4) is 0 Å². The van der Waals surface area contributed by atoms with Crippen LogP contribution < -0.4 is 0 Å². The molecule has 2 rings (SSSR count). The van der Waals surface area contributed by atoms with Crippen LogP contribution in [-0.2, 0) is 25.8 Å². The van der Waals surface area contributed by atoms with Crippen LogP contribution in [0.25, 0.3) is 0 Å². The third-order valence-corrected chi connectivity index (χ3v) is 3.74. The second kappa shape index (κ2) is 6.71. The van der Waals surface area contributed by atoms with Crippen molar-refractivity contribution in [1.29, 1.82) is 0 Å². The summed E-state index contributed by atoms with van der Waals surface area (Å²) in [5.41, 5.74) is 4.69. The molecule has 0 saturated heterocycles. The molecular weight excluding hydrogens is 248 g/mol. The molecule has 0 fully saturated rings. The Labute approximate surface area is 121 Å². The fourth-order valence-corrected chi connectivity index (χ4v) is 2.53. The van der Waals surface area contributed by atoms with Gasteiger partial charge in [0.25, 0.3) is 0 Å². The largest absolute Gasteiger partial charge is 0.392 e. The van der Waals surface area contributed by atoms with Crippen LogP contribution in [0, 0.1) is 6.92 Å². The SMILES string of the molecule is CCc1cc(CC(O)Cc2ccccc2C)n(CC)n1. The lowest BCUT2D eigenvalue weighted by atomic mass is 10.00. The highest BCUT2D eigenvalue weighted by Crippen LogP contribution is 2.14. The van der Waals surface area contributed by atoms with Crippen molar-refractivity contribution < 1.29 is 5.11 Å². The first-order valence-corrected chi connectivity index (χ1v) is 7.42. The van der Waals surface area contributed by atoms with Crippen molar-refractivity contribution >= 4 is 0 Å². The van der Waals surface area contributed by atoms with Crippen molar-refractivity contribution in [3.05, 3.63) is 52.8 Å². The third-order valence-electron chi connectivity index (χ3n) is 3.74. The van der Waals surface area contributed by atoms with Gasteiger partial charge in [-0.2, -0.15) is 5.10 Å². The molecule has 0 amide bonds. The van der Waals surface area contributed by atoms with Gasteiger partial charge in [0, 0.05) is 18.7 Å². The molecule has 1 N–H and O–H groups in total. The average molecular weight is 272 g/mol. The molecule has 2 aromatic rings. The predicted molar refractivity (Wildman–Crippen MR) is 81.9 cm³/mol. The Morgan fingerprint density at radius 1 is 1.20 bits per heavy atom. The maximum atomic E-state index is 10.3. The summed E-state index contributed by atoms with van der Waals surface area (Å²) in [5, 5.41) is 14.9. The molecule has 0 saturated carbocycles. The first kappa shape index (κ1) is 14.8. The van der Waals surface area contributed by atoms with E-state index in [2.05, 4.69) is 44.1 Å². The fraction of sp³-hybridized carbons (Fsp3) is 0.471. The van der Waals surface area contributed by atoms with Crippen molar-refractivity contribution in [2.75, 3.05) is 0 Å². The van der Waals surface area contributed by atoms with E-state index in [1.54, 1.807) is 0 Å². The van der Waals surface area contributed by atoms with E-state index >= 15 is 0 Å². The normalized spacial score (nSPS) is 12.6. The number of nitrogens with zero attached hydrogens (tertiary/aromatic N) is 2. The molecule has 0 aliphatic heterocycles. The number of benzene rings is 1. The fourth-order valence-electron chi connectivity index (χ4n) is 2.53. The summed E-state index contributed by atoms with van der Waals surface area (Å²) in [5.74, 6) is 0. The highest BCUT2D eigenvalue weighted by Gasteiger charge is 2.13. The summed E-state index contributed by atoms with van der Waals surface area (Å²) in [6.45, 7) is 7.14. The van der Waals surface area contributed by atoms with E-state index in [0.29, 0.717) is 12.8 Å². The second-order valence-corrected chi connectivity index (χ2v) is 5.28. The zero-order valence-electron chi connectivity index (χ0n) is 12.6. The Bertz CT molecular complexity index is 560. The summed E-state index contributed by atoms with van der Waals surface area (Å²) in [4.78, 5) is 0. The van der Waals surface area contributed by atoms with Crippen LogP contribution >= 0.6 is 0 Å². The molecule has 1 aromatic carbocycles. The van der Waals surface area contributed by atoms with Gasteiger partial charge in [-0.25, -0.2) is 0 Å². The predicted octanol–water partition coefficient (Wildman–Crippen LogP) is 2.92. The molecule has 1 aromatic heterocycles. The molecule has 0 radical (unpaired) electrons. The van der Waals surface area contributed by atoms with E-state index in [0.717, 1.165) is 24.4 Å². The topological polar surface area (TPSA) is 38.0 Å². The Kier molecular flexibility index (Phi) is 4.96. The molecule has 108 valence electrons. The molecular formula is C17H24N2O. The number of aliphatic hydroxyl groups is 1. The van der Waals surface area contributed by atoms with E-state index in [4.69, 9.17) is 0 Å². The van der Waals surface area contributed by atoms with Gasteiger partial charge >= 0.3 is 0 Å². The summed E-state index contributed by atoms with van der Waals surface area (Å²) >= 11 is 0. The number of hydrogen-bond donors (Lipinski definition) is 1. The number of aryl methyl sites for hydroxylation is 3. The lowest BCUT2D eigenvalue weighted by molar-refractivity contribution is 0.172. The Balaban J connectivity index is 2.06. The van der Waals surface area contributed by atoms with Gasteiger partial charge in [-0.15, -0.1) is 0 Å². The molecule has 1 unspecified atom stereocenters. The van der Waals surface area contributed by atoms with Crippen molar-refractivity contribution in [2.24, 2.45) is 0 Å². The second-order valence-electron chi connectivity index (χ2n) is 5.28. The highest BCUT2D eigenvalue weighted by atomic mass is 16.3. The van der Waals surface area contributed by atoms with Crippen LogP contribution in [0.2, 0.25) is 0 Å². The minimum atomic E-state index is -0.359. The molecule has 1 heterocycles. The molecule has 20 heavy (non-hydrogen) atoms. The summed E-state index contributed by atoms with van der Waals surface area (Å²) in [7, 11) is 0. The highest BCUT2D eigenvalue weighted by molar-refractivity contribution is 5.26. The Morgan fingerprint density at radius 3 is 2.60 bits per heavy atom. The standard InChI is InChI=1S/C17H24N2O/c1-4-15-11-16(19(5-2)18-15)12-17(20)10-14-9-7-6-8-13(14)3/h6-9,11,17,20H,4-5,10,12H2,1-3H3. The van der Waals surface area contributed by atoms with Crippen LogP contribution in [0.5, 0.6) is 0 Å². The molecule has 3 nitrogen and oxygen atoms in total. The summed E-state index contributed by atoms with van der Waals surface area (Å²) < 4.78 is 2.00. The zero-order chi connectivity index (χ0) is 14.5. The number of aromatic nitrogens is 2. The van der Waals surface area contributed by atoms with Crippen molar-refractivity contribution in [1.82, 2.24) is 9.78 Å². The summed E-state index contributed by atoms with van der Waals surface area (Å²) in [6, 6.07) is 10.4. The zero-order valence-corrected chi connectivity index (χ0v) is 12.6. The number of rotatable bonds is 6. The van der Waals surface area contributed by atoms with Gasteiger partial charge in [-0.3, -0.25) is 4.68 Å². The van der Waals surface area contributed by atoms with E-state index in [-0.39, 0.29) is 6.10 Å². The molecule has 3 heteroatoms. The van der Waals surface area contributed by atoms with Gasteiger partial charge in [-0.05, 0) is 43.9 Å². The van der Waals surface area contributed by atoms with Gasteiger partial charge in [0.1, 0.15) is 0 Å². The Hall–Kier alpha value is -1.61. The molecule has 0 bridgehead atoms. The van der Waals surface area contributed by atoms with Crippen LogP contribution in [0.15, 0.2) is 30.3 Å². The minimum absolute atomic E-state index is 0.359. The van der Waals surface area contributed by atoms with Gasteiger partial charge in [-0.1, -0.05) is 31.2 Å². The lowest BCUT2D eigenvalue weighted by Crippen LogP contribution is -2.17. The maximum Gasteiger partial charge on any atom is 0.0635 e. The number of aliphatic hydroxyl groups excluding tert-OH is 1. The van der Waals surface area contributed by atoms with Crippen molar-refractivity contribution in [3.63, 3.8) is 0 Å². The van der Waals surface area contributed by atoms with Gasteiger partial charge < -0.3 is 5.11 Å². The number of hydrogen-bond acceptors (Lipinski definition) is 2. The van der Waals surface area contributed by atoms with Crippen LogP contribution in [0.4, 0.5) is 0 Å². The van der Waals surface area contributed by atoms with E-state index in [1.165, 1.54) is 11.1 Å². The first-order valence-electron chi connectivity index (χ1n) is 7.42. The third kappa shape index (κ3) is 3.48. The monoisotopic (exact) mass is 272 g/mol. The van der Waals surface area contributed by atoms with Crippen LogP contribution in [0.3, 0.4) is 0 Å². The van der Waals surface area contributed by atoms with Gasteiger partial charge in [0.15, 0.2) is 0 Å². The quantitative estimate of drug-likeness (QED) is 0.878. The summed E-state index contributed by atoms with van der Waals surface area (Å²) in [6.07, 6.45) is 1.94. The van der Waals surface area contributed by atoms with Gasteiger partial charge in [0.05, 0.1) is 11.8 Å². The average Bonchev–Trinajstić information content (AvgIpc) is 2.83. The lowest BCUT2D eigenvalue weighted by Gasteiger charge is -2.13. The molecule has 0 aliphatic rings. The molecule has 1 atom stereocenters. The van der Waals surface area contributed by atoms with E-state index in [1.807, 2.05) is 16.8 Å². The van der Waals surface area contributed by atoms with E-state index in [9.17, 15) is 5.11 Å². The maximum absolute atomic E-state index is 10.3. The van der Waals surface area contributed by atoms with E-state index < -0.39 is 0 Å². The smallest absolute Gasteiger partial charge is 0.0635 e. The van der Waals surface area contributed by atoms with Crippen LogP contribution in [-0.4, -0.2) is 21.0 Å². The van der Waals surface area contributed by atoms with Gasteiger partial charge in [0.2, 0.25) is 0 Å². The first-order chi connectivity index (χ1) is 9.63. The molecule has 0 spiro atoms. The Morgan fingerprint density at radius 2 is 1.95 bits per heavy atom. The molecule has 0 aliphatic carbocycles.